The van der Waals surface area contributed by atoms with Crippen LogP contribution in [0.15, 0.2) is 30.7 Å². The highest BCUT2D eigenvalue weighted by atomic mass is 35.5. The summed E-state index contributed by atoms with van der Waals surface area (Å²) in [5.74, 6) is 0.676. The molecule has 0 saturated heterocycles. The zero-order valence-electron chi connectivity index (χ0n) is 10.6. The summed E-state index contributed by atoms with van der Waals surface area (Å²) in [7, 11) is 0. The molecule has 3 rings (SSSR count). The molecule has 1 saturated carbocycles. The number of nitrogens with zero attached hydrogens (tertiary/aromatic N) is 2. The van der Waals surface area contributed by atoms with Gasteiger partial charge in [0.25, 0.3) is 0 Å². The number of rotatable bonds is 5. The number of aromatic nitrogens is 2. The van der Waals surface area contributed by atoms with Crippen molar-refractivity contribution in [2.45, 2.75) is 32.0 Å². The summed E-state index contributed by atoms with van der Waals surface area (Å²) in [4.78, 5) is 4.19. The molecule has 0 aliphatic heterocycles. The molecule has 0 atom stereocenters. The van der Waals surface area contributed by atoms with Crippen molar-refractivity contribution in [2.75, 3.05) is 0 Å². The fourth-order valence-electron chi connectivity index (χ4n) is 2.15. The van der Waals surface area contributed by atoms with Crippen molar-refractivity contribution < 1.29 is 4.74 Å². The van der Waals surface area contributed by atoms with Crippen molar-refractivity contribution in [3.8, 4) is 5.75 Å². The van der Waals surface area contributed by atoms with Crippen LogP contribution in [0, 0.1) is 0 Å². The van der Waals surface area contributed by atoms with Gasteiger partial charge in [0.15, 0.2) is 0 Å². The normalized spacial score (nSPS) is 14.6. The van der Waals surface area contributed by atoms with E-state index in [2.05, 4.69) is 9.55 Å². The highest BCUT2D eigenvalue weighted by Crippen LogP contribution is 2.36. The number of para-hydroxylation sites is 1. The molecule has 5 heteroatoms. The van der Waals surface area contributed by atoms with Crippen molar-refractivity contribution in [3.63, 3.8) is 0 Å². The van der Waals surface area contributed by atoms with Crippen LogP contribution in [0.1, 0.15) is 30.1 Å². The van der Waals surface area contributed by atoms with Crippen LogP contribution in [-0.4, -0.2) is 9.55 Å². The van der Waals surface area contributed by atoms with Gasteiger partial charge in [-0.05, 0) is 18.9 Å². The molecular formula is C14H16ClN3O. The fraction of sp³-hybridized carbons (Fsp3) is 0.357. The summed E-state index contributed by atoms with van der Waals surface area (Å²) in [6.07, 6.45) is 6.16. The van der Waals surface area contributed by atoms with Crippen LogP contribution >= 0.6 is 11.6 Å². The van der Waals surface area contributed by atoms with E-state index in [1.807, 2.05) is 30.7 Å². The molecule has 1 heterocycles. The molecule has 0 amide bonds. The van der Waals surface area contributed by atoms with E-state index in [-0.39, 0.29) is 0 Å². The summed E-state index contributed by atoms with van der Waals surface area (Å²) < 4.78 is 8.03. The van der Waals surface area contributed by atoms with E-state index < -0.39 is 0 Å². The van der Waals surface area contributed by atoms with E-state index >= 15 is 0 Å². The fourth-order valence-corrected chi connectivity index (χ4v) is 2.40. The predicted molar refractivity (Wildman–Crippen MR) is 74.2 cm³/mol. The van der Waals surface area contributed by atoms with E-state index in [0.717, 1.165) is 11.3 Å². The first-order valence-corrected chi connectivity index (χ1v) is 6.78. The van der Waals surface area contributed by atoms with Gasteiger partial charge < -0.3 is 15.0 Å². The molecule has 19 heavy (non-hydrogen) atoms. The van der Waals surface area contributed by atoms with Gasteiger partial charge in [0, 0.05) is 18.2 Å². The van der Waals surface area contributed by atoms with E-state index in [9.17, 15) is 0 Å². The number of ether oxygens (including phenoxy) is 1. The molecule has 100 valence electrons. The monoisotopic (exact) mass is 277 g/mol. The van der Waals surface area contributed by atoms with Crippen molar-refractivity contribution in [1.82, 2.24) is 9.55 Å². The maximum atomic E-state index is 6.16. The van der Waals surface area contributed by atoms with Gasteiger partial charge in [-0.3, -0.25) is 0 Å². The highest BCUT2D eigenvalue weighted by Gasteiger charge is 2.25. The van der Waals surface area contributed by atoms with Gasteiger partial charge in [-0.1, -0.05) is 23.7 Å². The molecule has 0 spiro atoms. The van der Waals surface area contributed by atoms with E-state index in [0.29, 0.717) is 30.0 Å². The summed E-state index contributed by atoms with van der Waals surface area (Å²) >= 11 is 6.16. The number of benzene rings is 1. The molecule has 0 unspecified atom stereocenters. The Balaban J connectivity index is 1.77. The van der Waals surface area contributed by atoms with Crippen LogP contribution in [-0.2, 0) is 13.2 Å². The minimum Gasteiger partial charge on any atom is -0.485 e. The third kappa shape index (κ3) is 2.60. The smallest absolute Gasteiger partial charge is 0.142 e. The molecule has 1 aromatic carbocycles. The summed E-state index contributed by atoms with van der Waals surface area (Å²) in [5.41, 5.74) is 7.70. The van der Waals surface area contributed by atoms with E-state index in [4.69, 9.17) is 22.1 Å². The number of hydrogen-bond acceptors (Lipinski definition) is 3. The molecule has 4 nitrogen and oxygen atoms in total. The Labute approximate surface area is 117 Å². The van der Waals surface area contributed by atoms with E-state index in [1.165, 1.54) is 12.8 Å². The minimum atomic E-state index is 0.414. The zero-order chi connectivity index (χ0) is 13.2. The van der Waals surface area contributed by atoms with Gasteiger partial charge in [-0.25, -0.2) is 4.98 Å². The molecular weight excluding hydrogens is 262 g/mol. The molecule has 2 N–H and O–H groups in total. The summed E-state index contributed by atoms with van der Waals surface area (Å²) in [5, 5.41) is 0.598. The number of nitrogens with two attached hydrogens (primary N) is 1. The topological polar surface area (TPSA) is 53.1 Å². The molecule has 2 aromatic rings. The zero-order valence-corrected chi connectivity index (χ0v) is 11.3. The lowest BCUT2D eigenvalue weighted by molar-refractivity contribution is 0.292. The van der Waals surface area contributed by atoms with Crippen LogP contribution in [0.3, 0.4) is 0 Å². The molecule has 0 radical (unpaired) electrons. The number of halogens is 1. The maximum absolute atomic E-state index is 6.16. The Morgan fingerprint density at radius 2 is 2.26 bits per heavy atom. The van der Waals surface area contributed by atoms with E-state index in [1.54, 1.807) is 0 Å². The number of hydrogen-bond donors (Lipinski definition) is 1. The Kier molecular flexibility index (Phi) is 3.44. The Hall–Kier alpha value is -1.52. The van der Waals surface area contributed by atoms with Crippen LogP contribution in [0.5, 0.6) is 5.75 Å². The summed E-state index contributed by atoms with van der Waals surface area (Å²) in [6.45, 7) is 0.880. The Morgan fingerprint density at radius 3 is 3.00 bits per heavy atom. The molecule has 1 aliphatic rings. The van der Waals surface area contributed by atoms with Crippen molar-refractivity contribution in [2.24, 2.45) is 5.73 Å². The summed E-state index contributed by atoms with van der Waals surface area (Å²) in [6, 6.07) is 6.22. The van der Waals surface area contributed by atoms with Gasteiger partial charge in [-0.15, -0.1) is 0 Å². The first-order valence-electron chi connectivity index (χ1n) is 6.40. The second-order valence-electron chi connectivity index (χ2n) is 4.74. The average molecular weight is 278 g/mol. The minimum absolute atomic E-state index is 0.414. The van der Waals surface area contributed by atoms with Gasteiger partial charge in [-0.2, -0.15) is 0 Å². The Bertz CT molecular complexity index is 578. The predicted octanol–water partition coefficient (Wildman–Crippen LogP) is 2.91. The molecule has 1 aliphatic carbocycles. The van der Waals surface area contributed by atoms with Crippen molar-refractivity contribution >= 4 is 11.6 Å². The molecule has 0 bridgehead atoms. The first-order chi connectivity index (χ1) is 9.29. The second-order valence-corrected chi connectivity index (χ2v) is 5.15. The van der Waals surface area contributed by atoms with Gasteiger partial charge in [0.05, 0.1) is 23.2 Å². The largest absolute Gasteiger partial charge is 0.485 e. The van der Waals surface area contributed by atoms with Crippen LogP contribution < -0.4 is 10.5 Å². The van der Waals surface area contributed by atoms with Crippen LogP contribution in [0.4, 0.5) is 0 Å². The third-order valence-electron chi connectivity index (χ3n) is 3.32. The van der Waals surface area contributed by atoms with Crippen molar-refractivity contribution in [1.29, 1.82) is 0 Å². The first kappa shape index (κ1) is 12.5. The highest BCUT2D eigenvalue weighted by molar-refractivity contribution is 6.32. The average Bonchev–Trinajstić information content (AvgIpc) is 3.16. The van der Waals surface area contributed by atoms with Crippen molar-refractivity contribution in [3.05, 3.63) is 47.0 Å². The quantitative estimate of drug-likeness (QED) is 0.914. The number of imidazole rings is 1. The lowest BCUT2D eigenvalue weighted by Gasteiger charge is -2.13. The van der Waals surface area contributed by atoms with Crippen LogP contribution in [0.25, 0.3) is 0 Å². The lowest BCUT2D eigenvalue weighted by Crippen LogP contribution is -2.06. The van der Waals surface area contributed by atoms with Gasteiger partial charge >= 0.3 is 0 Å². The lowest BCUT2D eigenvalue weighted by atomic mass is 10.2. The third-order valence-corrected chi connectivity index (χ3v) is 3.62. The second kappa shape index (κ2) is 5.23. The molecule has 1 aromatic heterocycles. The SMILES string of the molecule is NCc1cccc(Cl)c1OCc1cncn1C1CC1. The standard InChI is InChI=1S/C14H16ClN3O/c15-13-3-1-2-10(6-16)14(13)19-8-12-7-17-9-18(12)11-4-5-11/h1-3,7,9,11H,4-6,8,16H2. The van der Waals surface area contributed by atoms with Gasteiger partial charge in [0.2, 0.25) is 0 Å². The maximum Gasteiger partial charge on any atom is 0.142 e. The van der Waals surface area contributed by atoms with Crippen LogP contribution in [0.2, 0.25) is 5.02 Å². The Morgan fingerprint density at radius 1 is 1.42 bits per heavy atom. The van der Waals surface area contributed by atoms with Gasteiger partial charge in [0.1, 0.15) is 12.4 Å². The molecule has 1 fully saturated rings.